The van der Waals surface area contributed by atoms with Crippen LogP contribution in [0.4, 0.5) is 0 Å². The highest BCUT2D eigenvalue weighted by molar-refractivity contribution is 5.83. The van der Waals surface area contributed by atoms with Gasteiger partial charge in [0.15, 0.2) is 17.3 Å². The molecule has 3 heterocycles. The van der Waals surface area contributed by atoms with E-state index >= 15 is 0 Å². The van der Waals surface area contributed by atoms with Crippen LogP contribution in [0, 0.1) is 0 Å². The first kappa shape index (κ1) is 24.7. The molecule has 5 rings (SSSR count). The molecule has 1 aliphatic carbocycles. The van der Waals surface area contributed by atoms with Crippen molar-refractivity contribution in [2.45, 2.75) is 96.8 Å². The molecule has 1 N–H and O–H groups in total. The van der Waals surface area contributed by atoms with Gasteiger partial charge in [0.1, 0.15) is 13.2 Å². The number of nitrogens with zero attached hydrogens (tertiary/aromatic N) is 5. The van der Waals surface area contributed by atoms with E-state index in [4.69, 9.17) is 9.47 Å². The second-order valence-corrected chi connectivity index (χ2v) is 10.7. The Labute approximate surface area is 212 Å². The molecule has 2 aliphatic rings. The van der Waals surface area contributed by atoms with Crippen molar-refractivity contribution in [3.63, 3.8) is 0 Å². The van der Waals surface area contributed by atoms with Crippen LogP contribution in [0.1, 0.15) is 90.1 Å². The van der Waals surface area contributed by atoms with E-state index in [-0.39, 0.29) is 17.1 Å². The Morgan fingerprint density at radius 1 is 1.11 bits per heavy atom. The highest BCUT2D eigenvalue weighted by Gasteiger charge is 2.34. The number of hydrogen-bond donors (Lipinski definition) is 1. The van der Waals surface area contributed by atoms with Crippen molar-refractivity contribution in [2.75, 3.05) is 13.2 Å². The summed E-state index contributed by atoms with van der Waals surface area (Å²) in [7, 11) is 0. The summed E-state index contributed by atoms with van der Waals surface area (Å²) in [5.74, 6) is 2.28. The molecule has 3 aromatic rings. The number of H-pyrrole nitrogens is 1. The van der Waals surface area contributed by atoms with Crippen LogP contribution in [0.2, 0.25) is 0 Å². The minimum Gasteiger partial charge on any atom is -0.486 e. The minimum atomic E-state index is -0.188. The van der Waals surface area contributed by atoms with E-state index in [2.05, 4.69) is 53.1 Å². The number of ether oxygens (including phenoxy) is 2. The van der Waals surface area contributed by atoms with Gasteiger partial charge in [-0.2, -0.15) is 0 Å². The SMILES string of the molecule is CC[C@H](c1nnnn1C(C)(C)CC)N(Cc1cc2cc3c(cc2[nH]c1=O)OCCO3)C1CCCCC1. The van der Waals surface area contributed by atoms with Crippen molar-refractivity contribution in [1.29, 1.82) is 0 Å². The second-order valence-electron chi connectivity index (χ2n) is 10.7. The molecule has 9 heteroatoms. The first-order valence-corrected chi connectivity index (χ1v) is 13.4. The molecule has 0 amide bonds. The van der Waals surface area contributed by atoms with E-state index in [1.165, 1.54) is 19.3 Å². The van der Waals surface area contributed by atoms with Crippen LogP contribution in [0.15, 0.2) is 23.0 Å². The number of aromatic amines is 1. The van der Waals surface area contributed by atoms with Crippen LogP contribution in [0.25, 0.3) is 10.9 Å². The Kier molecular flexibility index (Phi) is 7.01. The van der Waals surface area contributed by atoms with Gasteiger partial charge in [0.2, 0.25) is 0 Å². The van der Waals surface area contributed by atoms with Gasteiger partial charge >= 0.3 is 0 Å². The lowest BCUT2D eigenvalue weighted by Gasteiger charge is -2.40. The number of nitrogens with one attached hydrogen (secondary N) is 1. The summed E-state index contributed by atoms with van der Waals surface area (Å²) in [6, 6.07) is 6.24. The van der Waals surface area contributed by atoms with Crippen LogP contribution >= 0.6 is 0 Å². The van der Waals surface area contributed by atoms with E-state index in [9.17, 15) is 4.79 Å². The van der Waals surface area contributed by atoms with Crippen LogP contribution in [0.5, 0.6) is 11.5 Å². The van der Waals surface area contributed by atoms with Crippen molar-refractivity contribution in [1.82, 2.24) is 30.1 Å². The highest BCUT2D eigenvalue weighted by atomic mass is 16.6. The van der Waals surface area contributed by atoms with Crippen LogP contribution in [-0.2, 0) is 12.1 Å². The van der Waals surface area contributed by atoms with Crippen LogP contribution in [0.3, 0.4) is 0 Å². The maximum Gasteiger partial charge on any atom is 0.252 e. The molecule has 0 spiro atoms. The van der Waals surface area contributed by atoms with Crippen molar-refractivity contribution in [3.8, 4) is 11.5 Å². The topological polar surface area (TPSA) is 98.2 Å². The molecule has 0 bridgehead atoms. The monoisotopic (exact) mass is 494 g/mol. The normalized spacial score (nSPS) is 17.6. The summed E-state index contributed by atoms with van der Waals surface area (Å²) < 4.78 is 13.5. The molecule has 9 nitrogen and oxygen atoms in total. The molecule has 1 aliphatic heterocycles. The number of rotatable bonds is 8. The number of aromatic nitrogens is 5. The quantitative estimate of drug-likeness (QED) is 0.484. The standard InChI is InChI=1S/C27H38N6O3/c1-5-22(25-29-30-31-33(25)27(3,4)6-2)32(20-10-8-7-9-11-20)17-19-14-18-15-23-24(36-13-12-35-23)16-21(18)28-26(19)34/h14-16,20,22H,5-13,17H2,1-4H3,(H,28,34)/t22-/m1/s1. The molecule has 0 radical (unpaired) electrons. The Hall–Kier alpha value is -2.94. The fraction of sp³-hybridized carbons (Fsp3) is 0.630. The molecule has 1 aromatic carbocycles. The van der Waals surface area contributed by atoms with Gasteiger partial charge in [-0.05, 0) is 62.1 Å². The smallest absolute Gasteiger partial charge is 0.252 e. The maximum absolute atomic E-state index is 13.3. The van der Waals surface area contributed by atoms with Crippen molar-refractivity contribution >= 4 is 10.9 Å². The molecule has 1 atom stereocenters. The van der Waals surface area contributed by atoms with Crippen molar-refractivity contribution in [2.24, 2.45) is 0 Å². The molecule has 1 fully saturated rings. The van der Waals surface area contributed by atoms with E-state index in [1.54, 1.807) is 0 Å². The van der Waals surface area contributed by atoms with Gasteiger partial charge in [-0.3, -0.25) is 9.69 Å². The average Bonchev–Trinajstić information content (AvgIpc) is 3.39. The fourth-order valence-corrected chi connectivity index (χ4v) is 5.56. The molecule has 1 saturated carbocycles. The highest BCUT2D eigenvalue weighted by Crippen LogP contribution is 2.36. The number of fused-ring (bicyclic) bond motifs is 2. The molecular weight excluding hydrogens is 456 g/mol. The zero-order chi connectivity index (χ0) is 25.3. The third kappa shape index (κ3) is 4.73. The largest absolute Gasteiger partial charge is 0.486 e. The van der Waals surface area contributed by atoms with Crippen molar-refractivity contribution in [3.05, 3.63) is 39.9 Å². The Morgan fingerprint density at radius 2 is 1.83 bits per heavy atom. The molecule has 194 valence electrons. The summed E-state index contributed by atoms with van der Waals surface area (Å²) >= 11 is 0. The van der Waals surface area contributed by atoms with E-state index in [0.29, 0.717) is 31.5 Å². The number of hydrogen-bond acceptors (Lipinski definition) is 7. The van der Waals surface area contributed by atoms with Gasteiger partial charge in [0.25, 0.3) is 5.56 Å². The van der Waals surface area contributed by atoms with Gasteiger partial charge in [-0.25, -0.2) is 4.68 Å². The maximum atomic E-state index is 13.3. The van der Waals surface area contributed by atoms with Gasteiger partial charge in [0.05, 0.1) is 17.1 Å². The van der Waals surface area contributed by atoms with Crippen LogP contribution in [-0.4, -0.2) is 49.3 Å². The predicted molar refractivity (Wildman–Crippen MR) is 138 cm³/mol. The Balaban J connectivity index is 1.54. The van der Waals surface area contributed by atoms with Gasteiger partial charge in [-0.15, -0.1) is 5.10 Å². The number of pyridine rings is 1. The summed E-state index contributed by atoms with van der Waals surface area (Å²) in [6.07, 6.45) is 7.72. The lowest BCUT2D eigenvalue weighted by Crippen LogP contribution is -2.42. The lowest BCUT2D eigenvalue weighted by molar-refractivity contribution is 0.0801. The first-order chi connectivity index (χ1) is 17.4. The summed E-state index contributed by atoms with van der Waals surface area (Å²) in [5, 5.41) is 13.9. The van der Waals surface area contributed by atoms with E-state index in [1.807, 2.05) is 22.9 Å². The molecule has 2 aromatic heterocycles. The van der Waals surface area contributed by atoms with E-state index < -0.39 is 0 Å². The molecule has 0 saturated heterocycles. The third-order valence-electron chi connectivity index (χ3n) is 8.00. The lowest BCUT2D eigenvalue weighted by atomic mass is 9.91. The van der Waals surface area contributed by atoms with Gasteiger partial charge in [-0.1, -0.05) is 33.1 Å². The zero-order valence-corrected chi connectivity index (χ0v) is 21.9. The van der Waals surface area contributed by atoms with Crippen molar-refractivity contribution < 1.29 is 9.47 Å². The van der Waals surface area contributed by atoms with Crippen LogP contribution < -0.4 is 15.0 Å². The third-order valence-corrected chi connectivity index (χ3v) is 8.00. The zero-order valence-electron chi connectivity index (χ0n) is 21.9. The summed E-state index contributed by atoms with van der Waals surface area (Å²) in [5.41, 5.74) is 1.25. The molecule has 36 heavy (non-hydrogen) atoms. The Bertz CT molecular complexity index is 1260. The first-order valence-electron chi connectivity index (χ1n) is 13.4. The number of tetrazole rings is 1. The predicted octanol–water partition coefficient (Wildman–Crippen LogP) is 4.72. The second kappa shape index (κ2) is 10.2. The average molecular weight is 495 g/mol. The number of benzene rings is 1. The minimum absolute atomic E-state index is 0.0179. The van der Waals surface area contributed by atoms with Gasteiger partial charge < -0.3 is 14.5 Å². The summed E-state index contributed by atoms with van der Waals surface area (Å²) in [6.45, 7) is 10.3. The molecular formula is C27H38N6O3. The fourth-order valence-electron chi connectivity index (χ4n) is 5.56. The Morgan fingerprint density at radius 3 is 2.53 bits per heavy atom. The van der Waals surface area contributed by atoms with Gasteiger partial charge in [0, 0.05) is 29.6 Å². The summed E-state index contributed by atoms with van der Waals surface area (Å²) in [4.78, 5) is 18.9. The van der Waals surface area contributed by atoms with E-state index in [0.717, 1.165) is 53.7 Å². The molecule has 0 unspecified atom stereocenters.